The Bertz CT molecular complexity index is 961. The Labute approximate surface area is 171 Å². The van der Waals surface area contributed by atoms with Crippen LogP contribution in [0, 0.1) is 5.82 Å². The Morgan fingerprint density at radius 1 is 1.29 bits per heavy atom. The van der Waals surface area contributed by atoms with Gasteiger partial charge in [-0.05, 0) is 55.3 Å². The Kier molecular flexibility index (Phi) is 5.66. The highest BCUT2D eigenvalue weighted by molar-refractivity contribution is 7.14. The lowest BCUT2D eigenvalue weighted by Crippen LogP contribution is -2.23. The van der Waals surface area contributed by atoms with Gasteiger partial charge in [-0.15, -0.1) is 11.3 Å². The molecule has 0 spiro atoms. The van der Waals surface area contributed by atoms with Crippen molar-refractivity contribution in [1.29, 1.82) is 0 Å². The molecular weight excluding hydrogens is 399 g/mol. The average molecular weight is 417 g/mol. The van der Waals surface area contributed by atoms with Crippen molar-refractivity contribution in [2.45, 2.75) is 25.4 Å². The number of hydrogen-bond acceptors (Lipinski definition) is 5. The van der Waals surface area contributed by atoms with Crippen LogP contribution >= 0.6 is 22.9 Å². The van der Waals surface area contributed by atoms with Crippen LogP contribution in [0.3, 0.4) is 0 Å². The quantitative estimate of drug-likeness (QED) is 0.600. The molecule has 1 aliphatic heterocycles. The Morgan fingerprint density at radius 3 is 2.86 bits per heavy atom. The predicted octanol–water partition coefficient (Wildman–Crippen LogP) is 4.92. The maximum atomic E-state index is 13.0. The van der Waals surface area contributed by atoms with E-state index >= 15 is 0 Å². The predicted molar refractivity (Wildman–Crippen MR) is 108 cm³/mol. The maximum Gasteiger partial charge on any atom is 0.257 e. The number of rotatable bonds is 5. The van der Waals surface area contributed by atoms with Crippen LogP contribution < -0.4 is 5.32 Å². The fraction of sp³-hybridized carbons (Fsp3) is 0.250. The van der Waals surface area contributed by atoms with Crippen molar-refractivity contribution in [3.05, 3.63) is 75.8 Å². The topological polar surface area (TPSA) is 58.1 Å². The number of hydrogen-bond donors (Lipinski definition) is 1. The molecule has 1 atom stereocenters. The van der Waals surface area contributed by atoms with E-state index in [4.69, 9.17) is 11.6 Å². The van der Waals surface area contributed by atoms with E-state index in [1.54, 1.807) is 12.3 Å². The molecule has 3 aromatic rings. The maximum absolute atomic E-state index is 13.0. The van der Waals surface area contributed by atoms with Gasteiger partial charge in [-0.3, -0.25) is 15.0 Å². The lowest BCUT2D eigenvalue weighted by molar-refractivity contribution is 0.102. The van der Waals surface area contributed by atoms with Gasteiger partial charge in [0.2, 0.25) is 0 Å². The summed E-state index contributed by atoms with van der Waals surface area (Å²) in [5, 5.41) is 5.82. The first kappa shape index (κ1) is 19.0. The fourth-order valence-electron chi connectivity index (χ4n) is 3.35. The molecular formula is C20H18ClFN4OS. The third-order valence-corrected chi connectivity index (χ3v) is 5.73. The number of nitrogens with one attached hydrogen (secondary N) is 1. The highest BCUT2D eigenvalue weighted by Crippen LogP contribution is 2.34. The lowest BCUT2D eigenvalue weighted by atomic mass is 10.1. The van der Waals surface area contributed by atoms with E-state index in [-0.39, 0.29) is 17.8 Å². The molecule has 0 radical (unpaired) electrons. The molecule has 1 amide bonds. The molecule has 4 rings (SSSR count). The Balaban J connectivity index is 1.43. The van der Waals surface area contributed by atoms with Crippen molar-refractivity contribution in [1.82, 2.24) is 14.9 Å². The van der Waals surface area contributed by atoms with Gasteiger partial charge in [0.05, 0.1) is 11.7 Å². The summed E-state index contributed by atoms with van der Waals surface area (Å²) in [5.74, 6) is -0.665. The van der Waals surface area contributed by atoms with Crippen LogP contribution in [0.15, 0.2) is 48.0 Å². The van der Waals surface area contributed by atoms with Crippen molar-refractivity contribution in [2.75, 3.05) is 11.9 Å². The Hall–Kier alpha value is -2.35. The SMILES string of the molecule is O=C(Nc1nc([C@@H]2CCCN2Cc2ccc(Cl)nc2)cs1)c1ccc(F)cc1. The van der Waals surface area contributed by atoms with Gasteiger partial charge in [0.1, 0.15) is 11.0 Å². The molecule has 28 heavy (non-hydrogen) atoms. The van der Waals surface area contributed by atoms with Crippen LogP contribution in [0.2, 0.25) is 5.15 Å². The molecule has 1 N–H and O–H groups in total. The van der Waals surface area contributed by atoms with E-state index < -0.39 is 0 Å². The largest absolute Gasteiger partial charge is 0.298 e. The molecule has 1 aromatic carbocycles. The number of thiazole rings is 1. The summed E-state index contributed by atoms with van der Waals surface area (Å²) in [5.41, 5.74) is 2.46. The zero-order chi connectivity index (χ0) is 19.5. The number of carbonyl (C=O) groups excluding carboxylic acids is 1. The van der Waals surface area contributed by atoms with Crippen molar-refractivity contribution in [2.24, 2.45) is 0 Å². The molecule has 2 aromatic heterocycles. The second kappa shape index (κ2) is 8.34. The summed E-state index contributed by atoms with van der Waals surface area (Å²) in [6.07, 6.45) is 3.92. The van der Waals surface area contributed by atoms with Crippen LogP contribution in [-0.2, 0) is 6.54 Å². The summed E-state index contributed by atoms with van der Waals surface area (Å²) >= 11 is 7.26. The zero-order valence-electron chi connectivity index (χ0n) is 14.9. The number of aromatic nitrogens is 2. The smallest absolute Gasteiger partial charge is 0.257 e. The van der Waals surface area contributed by atoms with Crippen LogP contribution in [-0.4, -0.2) is 27.3 Å². The van der Waals surface area contributed by atoms with Crippen molar-refractivity contribution in [3.63, 3.8) is 0 Å². The molecule has 1 saturated heterocycles. The van der Waals surface area contributed by atoms with Gasteiger partial charge < -0.3 is 0 Å². The minimum absolute atomic E-state index is 0.211. The van der Waals surface area contributed by atoms with Crippen molar-refractivity contribution in [3.8, 4) is 0 Å². The van der Waals surface area contributed by atoms with E-state index in [9.17, 15) is 9.18 Å². The molecule has 144 valence electrons. The third kappa shape index (κ3) is 4.38. The first-order chi connectivity index (χ1) is 13.6. The second-order valence-electron chi connectivity index (χ2n) is 6.66. The molecule has 1 fully saturated rings. The first-order valence-corrected chi connectivity index (χ1v) is 10.2. The standard InChI is InChI=1S/C20H18ClFN4OS/c21-18-8-3-13(10-23-18)11-26-9-1-2-17(26)16-12-28-20(24-16)25-19(27)14-4-6-15(22)7-5-14/h3-8,10,12,17H,1-2,9,11H2,(H,24,25,27)/t17-/m0/s1. The second-order valence-corrected chi connectivity index (χ2v) is 7.90. The zero-order valence-corrected chi connectivity index (χ0v) is 16.5. The minimum Gasteiger partial charge on any atom is -0.298 e. The van der Waals surface area contributed by atoms with Gasteiger partial charge >= 0.3 is 0 Å². The lowest BCUT2D eigenvalue weighted by Gasteiger charge is -2.22. The summed E-state index contributed by atoms with van der Waals surface area (Å²) in [7, 11) is 0. The van der Waals surface area contributed by atoms with Crippen LogP contribution in [0.4, 0.5) is 9.52 Å². The van der Waals surface area contributed by atoms with Gasteiger partial charge in [-0.25, -0.2) is 14.4 Å². The molecule has 3 heterocycles. The molecule has 1 aliphatic rings. The molecule has 0 aliphatic carbocycles. The van der Waals surface area contributed by atoms with Gasteiger partial charge in [0, 0.05) is 23.7 Å². The number of carbonyl (C=O) groups is 1. The minimum atomic E-state index is -0.370. The van der Waals surface area contributed by atoms with Gasteiger partial charge in [0.25, 0.3) is 5.91 Å². The molecule has 0 unspecified atom stereocenters. The summed E-state index contributed by atoms with van der Waals surface area (Å²) in [4.78, 5) is 23.4. The number of likely N-dealkylation sites (tertiary alicyclic amines) is 1. The first-order valence-electron chi connectivity index (χ1n) is 8.95. The van der Waals surface area contributed by atoms with E-state index in [0.717, 1.165) is 37.2 Å². The van der Waals surface area contributed by atoms with Gasteiger partial charge in [0.15, 0.2) is 5.13 Å². The van der Waals surface area contributed by atoms with E-state index in [1.807, 2.05) is 11.4 Å². The third-order valence-electron chi connectivity index (χ3n) is 4.73. The normalized spacial score (nSPS) is 17.0. The van der Waals surface area contributed by atoms with Crippen LogP contribution in [0.1, 0.15) is 40.5 Å². The molecule has 0 saturated carbocycles. The summed E-state index contributed by atoms with van der Waals surface area (Å²) in [6.45, 7) is 1.77. The number of nitrogens with zero attached hydrogens (tertiary/aromatic N) is 3. The van der Waals surface area contributed by atoms with Crippen molar-refractivity contribution >= 4 is 34.0 Å². The fourth-order valence-corrected chi connectivity index (χ4v) is 4.22. The highest BCUT2D eigenvalue weighted by atomic mass is 35.5. The highest BCUT2D eigenvalue weighted by Gasteiger charge is 2.28. The number of amides is 1. The van der Waals surface area contributed by atoms with Crippen LogP contribution in [0.5, 0.6) is 0 Å². The summed E-state index contributed by atoms with van der Waals surface area (Å²) < 4.78 is 13.0. The average Bonchev–Trinajstić information content (AvgIpc) is 3.33. The Morgan fingerprint density at radius 2 is 2.11 bits per heavy atom. The molecule has 8 heteroatoms. The van der Waals surface area contributed by atoms with Crippen LogP contribution in [0.25, 0.3) is 0 Å². The molecule has 5 nitrogen and oxygen atoms in total. The number of pyridine rings is 1. The summed E-state index contributed by atoms with van der Waals surface area (Å²) in [6, 6.07) is 9.45. The van der Waals surface area contributed by atoms with Crippen molar-refractivity contribution < 1.29 is 9.18 Å². The van der Waals surface area contributed by atoms with E-state index in [2.05, 4.69) is 20.2 Å². The van der Waals surface area contributed by atoms with E-state index in [1.165, 1.54) is 35.6 Å². The van der Waals surface area contributed by atoms with Gasteiger partial charge in [-0.1, -0.05) is 17.7 Å². The van der Waals surface area contributed by atoms with Gasteiger partial charge in [-0.2, -0.15) is 0 Å². The van der Waals surface area contributed by atoms with E-state index in [0.29, 0.717) is 15.8 Å². The number of benzene rings is 1. The number of halogens is 2. The monoisotopic (exact) mass is 416 g/mol. The molecule has 0 bridgehead atoms. The number of anilines is 1.